The van der Waals surface area contributed by atoms with Gasteiger partial charge in [-0.15, -0.1) is 0 Å². The van der Waals surface area contributed by atoms with Gasteiger partial charge in [-0.05, 0) is 69.0 Å². The van der Waals surface area contributed by atoms with Crippen molar-refractivity contribution in [3.05, 3.63) is 54.0 Å². The van der Waals surface area contributed by atoms with Gasteiger partial charge in [-0.3, -0.25) is 9.48 Å². The third-order valence-corrected chi connectivity index (χ3v) is 6.08. The molecule has 0 radical (unpaired) electrons. The monoisotopic (exact) mass is 471 g/mol. The van der Waals surface area contributed by atoms with Crippen molar-refractivity contribution in [2.45, 2.75) is 51.7 Å². The summed E-state index contributed by atoms with van der Waals surface area (Å²) in [4.78, 5) is 19.8. The summed E-state index contributed by atoms with van der Waals surface area (Å²) in [5.41, 5.74) is 2.79. The van der Waals surface area contributed by atoms with E-state index in [4.69, 9.17) is 20.6 Å². The number of hydrogen-bond acceptors (Lipinski definition) is 7. The Kier molecular flexibility index (Phi) is 6.44. The summed E-state index contributed by atoms with van der Waals surface area (Å²) in [6.45, 7) is 10.2. The number of aryl methyl sites for hydroxylation is 1. The number of aromatic nitrogens is 4. The number of esters is 1. The predicted molar refractivity (Wildman–Crippen MR) is 129 cm³/mol. The van der Waals surface area contributed by atoms with Crippen LogP contribution in [0.25, 0.3) is 38.6 Å². The maximum absolute atomic E-state index is 11.7. The molecule has 35 heavy (non-hydrogen) atoms. The molecule has 0 atom stereocenters. The lowest BCUT2D eigenvalue weighted by Crippen LogP contribution is -2.10. The van der Waals surface area contributed by atoms with Crippen molar-refractivity contribution in [1.29, 1.82) is 0 Å². The van der Waals surface area contributed by atoms with E-state index in [9.17, 15) is 4.79 Å². The van der Waals surface area contributed by atoms with E-state index in [0.29, 0.717) is 41.9 Å². The van der Waals surface area contributed by atoms with Crippen LogP contribution in [0.3, 0.4) is 0 Å². The van der Waals surface area contributed by atoms with Gasteiger partial charge in [0.15, 0.2) is 0 Å². The van der Waals surface area contributed by atoms with Gasteiger partial charge in [-0.1, -0.05) is 5.16 Å². The number of fused-ring (bicyclic) bond motifs is 1. The molecule has 178 valence electrons. The summed E-state index contributed by atoms with van der Waals surface area (Å²) in [5, 5.41) is 9.42. The average Bonchev–Trinajstić information content (AvgIpc) is 3.64. The second kappa shape index (κ2) is 9.97. The van der Waals surface area contributed by atoms with Crippen molar-refractivity contribution in [2.75, 3.05) is 6.61 Å². The van der Waals surface area contributed by atoms with Gasteiger partial charge in [0.25, 0.3) is 5.89 Å². The molecule has 9 nitrogen and oxygen atoms in total. The molecule has 4 aromatic rings. The molecule has 1 saturated carbocycles. The molecular weight excluding hydrogens is 446 g/mol. The highest BCUT2D eigenvalue weighted by atomic mass is 16.5. The zero-order valence-corrected chi connectivity index (χ0v) is 19.4. The third-order valence-electron chi connectivity index (χ3n) is 6.08. The van der Waals surface area contributed by atoms with Gasteiger partial charge in [-0.2, -0.15) is 10.1 Å². The van der Waals surface area contributed by atoms with E-state index in [2.05, 4.69) is 20.1 Å². The summed E-state index contributed by atoms with van der Waals surface area (Å²) in [7, 11) is 0. The van der Waals surface area contributed by atoms with Gasteiger partial charge in [0.1, 0.15) is 5.75 Å². The molecule has 2 aromatic carbocycles. The number of benzene rings is 2. The quantitative estimate of drug-likeness (QED) is 0.244. The Morgan fingerprint density at radius 3 is 2.83 bits per heavy atom. The van der Waals surface area contributed by atoms with Crippen molar-refractivity contribution in [2.24, 2.45) is 0 Å². The Labute approximate surface area is 202 Å². The van der Waals surface area contributed by atoms with Gasteiger partial charge < -0.3 is 14.0 Å². The molecule has 0 aliphatic heterocycles. The van der Waals surface area contributed by atoms with E-state index < -0.39 is 0 Å². The number of rotatable bonds is 8. The lowest BCUT2D eigenvalue weighted by molar-refractivity contribution is -0.143. The van der Waals surface area contributed by atoms with E-state index >= 15 is 0 Å². The number of carbonyl (C=O) groups is 1. The summed E-state index contributed by atoms with van der Waals surface area (Å²) in [6.07, 6.45) is 6.58. The Hall–Kier alpha value is -4.19. The van der Waals surface area contributed by atoms with Crippen molar-refractivity contribution in [3.8, 4) is 28.6 Å². The standard InChI is InChI=1S/C26H25N5O4/c1-3-33-24(32)12-13-31-22-10-8-17(14-19(22)16-28-31)25-29-26(35-30-25)18-9-11-23(21(15-18)27-2)34-20-6-4-5-7-20/h8-11,14-16,20H,3-7,12-13H2,1H3. The minimum atomic E-state index is -0.244. The van der Waals surface area contributed by atoms with Crippen molar-refractivity contribution in [1.82, 2.24) is 19.9 Å². The number of nitrogens with zero attached hydrogens (tertiary/aromatic N) is 5. The molecule has 2 aromatic heterocycles. The average molecular weight is 472 g/mol. The first-order chi connectivity index (χ1) is 17.1. The molecule has 1 aliphatic carbocycles. The molecule has 9 heteroatoms. The summed E-state index contributed by atoms with van der Waals surface area (Å²) in [6, 6.07) is 11.1. The highest BCUT2D eigenvalue weighted by molar-refractivity contribution is 5.83. The maximum atomic E-state index is 11.7. The first-order valence-corrected chi connectivity index (χ1v) is 11.8. The smallest absolute Gasteiger partial charge is 0.307 e. The van der Waals surface area contributed by atoms with Crippen LogP contribution in [-0.4, -0.2) is 38.6 Å². The fourth-order valence-corrected chi connectivity index (χ4v) is 4.32. The fraction of sp³-hybridized carbons (Fsp3) is 0.346. The van der Waals surface area contributed by atoms with E-state index in [1.54, 1.807) is 23.9 Å². The Balaban J connectivity index is 1.34. The van der Waals surface area contributed by atoms with Gasteiger partial charge in [0.2, 0.25) is 11.5 Å². The van der Waals surface area contributed by atoms with Crippen molar-refractivity contribution >= 4 is 22.6 Å². The predicted octanol–water partition coefficient (Wildman–Crippen LogP) is 5.58. The van der Waals surface area contributed by atoms with Gasteiger partial charge in [0, 0.05) is 16.5 Å². The largest absolute Gasteiger partial charge is 0.501 e. The van der Waals surface area contributed by atoms with Crippen LogP contribution in [-0.2, 0) is 16.1 Å². The summed E-state index contributed by atoms with van der Waals surface area (Å²) in [5.74, 6) is 1.13. The highest BCUT2D eigenvalue weighted by Crippen LogP contribution is 2.35. The zero-order valence-electron chi connectivity index (χ0n) is 19.4. The van der Waals surface area contributed by atoms with Gasteiger partial charge >= 0.3 is 5.97 Å². The number of ether oxygens (including phenoxy) is 2. The highest BCUT2D eigenvalue weighted by Gasteiger charge is 2.19. The molecule has 0 saturated heterocycles. The number of carbonyl (C=O) groups excluding carboxylic acids is 1. The molecule has 0 N–H and O–H groups in total. The van der Waals surface area contributed by atoms with Crippen LogP contribution < -0.4 is 4.74 Å². The van der Waals surface area contributed by atoms with Crippen LogP contribution in [0.2, 0.25) is 0 Å². The first-order valence-electron chi connectivity index (χ1n) is 11.8. The van der Waals surface area contributed by atoms with E-state index in [-0.39, 0.29) is 18.5 Å². The normalized spacial score (nSPS) is 13.7. The molecule has 5 rings (SSSR count). The van der Waals surface area contributed by atoms with Crippen LogP contribution in [0.1, 0.15) is 39.0 Å². The van der Waals surface area contributed by atoms with Gasteiger partial charge in [0.05, 0.1) is 44.0 Å². The molecule has 2 heterocycles. The van der Waals surface area contributed by atoms with Gasteiger partial charge in [-0.25, -0.2) is 4.85 Å². The Bertz CT molecular complexity index is 1390. The summed E-state index contributed by atoms with van der Waals surface area (Å²) < 4.78 is 18.3. The number of hydrogen-bond donors (Lipinski definition) is 0. The molecule has 0 bridgehead atoms. The lowest BCUT2D eigenvalue weighted by atomic mass is 10.1. The van der Waals surface area contributed by atoms with Crippen LogP contribution in [0.15, 0.2) is 47.1 Å². The molecular formula is C26H25N5O4. The van der Waals surface area contributed by atoms with E-state index in [1.165, 1.54) is 12.8 Å². The second-order valence-electron chi connectivity index (χ2n) is 8.44. The fourth-order valence-electron chi connectivity index (χ4n) is 4.32. The Morgan fingerprint density at radius 2 is 2.03 bits per heavy atom. The molecule has 1 fully saturated rings. The topological polar surface area (TPSA) is 96.6 Å². The zero-order chi connectivity index (χ0) is 24.2. The van der Waals surface area contributed by atoms with Crippen LogP contribution in [0, 0.1) is 6.57 Å². The van der Waals surface area contributed by atoms with Crippen LogP contribution >= 0.6 is 0 Å². The van der Waals surface area contributed by atoms with Crippen molar-refractivity contribution < 1.29 is 18.8 Å². The molecule has 0 amide bonds. The second-order valence-corrected chi connectivity index (χ2v) is 8.44. The van der Waals surface area contributed by atoms with Crippen molar-refractivity contribution in [3.63, 3.8) is 0 Å². The van der Waals surface area contributed by atoms with E-state index in [1.807, 2.05) is 30.3 Å². The van der Waals surface area contributed by atoms with Crippen LogP contribution in [0.5, 0.6) is 5.75 Å². The minimum absolute atomic E-state index is 0.181. The van der Waals surface area contributed by atoms with Crippen LogP contribution in [0.4, 0.5) is 5.69 Å². The minimum Gasteiger partial charge on any atom is -0.501 e. The Morgan fingerprint density at radius 1 is 1.20 bits per heavy atom. The lowest BCUT2D eigenvalue weighted by Gasteiger charge is -2.14. The molecule has 1 aliphatic rings. The SMILES string of the molecule is [C-]#[N+]c1cc(-c2nc(-c3ccc4c(cnn4CCC(=O)OCC)c3)no2)ccc1OC1CCCC1. The van der Waals surface area contributed by atoms with E-state index in [0.717, 1.165) is 29.3 Å². The maximum Gasteiger partial charge on any atom is 0.307 e. The molecule has 0 spiro atoms. The molecule has 0 unspecified atom stereocenters. The first kappa shape index (κ1) is 22.6. The summed E-state index contributed by atoms with van der Waals surface area (Å²) >= 11 is 0. The third kappa shape index (κ3) is 4.87.